The molecular formula is C28H16BN3O. The van der Waals surface area contributed by atoms with Gasteiger partial charge in [-0.1, -0.05) is 48.5 Å². The van der Waals surface area contributed by atoms with Gasteiger partial charge in [0.05, 0.1) is 22.1 Å². The third-order valence-electron chi connectivity index (χ3n) is 7.47. The van der Waals surface area contributed by atoms with E-state index >= 15 is 0 Å². The Morgan fingerprint density at radius 1 is 0.424 bits per heavy atom. The first-order valence-electron chi connectivity index (χ1n) is 11.3. The van der Waals surface area contributed by atoms with Crippen LogP contribution in [0.5, 0.6) is 0 Å². The van der Waals surface area contributed by atoms with Crippen LogP contribution in [0.2, 0.25) is 0 Å². The number of benzene rings is 5. The van der Waals surface area contributed by atoms with Crippen molar-refractivity contribution in [2.45, 2.75) is 0 Å². The lowest BCUT2D eigenvalue weighted by Gasteiger charge is -2.42. The number of hydrogen-bond donors (Lipinski definition) is 0. The first-order chi connectivity index (χ1) is 16.4. The van der Waals surface area contributed by atoms with E-state index in [1.54, 1.807) is 0 Å². The lowest BCUT2D eigenvalue weighted by atomic mass is 9.78. The number of nitrogens with zero attached hydrogens (tertiary/aromatic N) is 3. The predicted octanol–water partition coefficient (Wildman–Crippen LogP) is 7.48. The molecule has 0 unspecified atom stereocenters. The molecule has 0 bridgehead atoms. The van der Waals surface area contributed by atoms with E-state index in [2.05, 4.69) is 111 Å². The van der Waals surface area contributed by atoms with Gasteiger partial charge in [0.15, 0.2) is 0 Å². The van der Waals surface area contributed by atoms with E-state index in [9.17, 15) is 0 Å². The molecule has 0 saturated heterocycles. The van der Waals surface area contributed by atoms with Crippen molar-refractivity contribution in [2.75, 3.05) is 14.4 Å². The number of anilines is 6. The van der Waals surface area contributed by atoms with Crippen molar-refractivity contribution in [2.24, 2.45) is 0 Å². The van der Waals surface area contributed by atoms with Gasteiger partial charge in [-0.15, -0.1) is 0 Å². The summed E-state index contributed by atoms with van der Waals surface area (Å²) in [6.45, 7) is 0. The molecule has 152 valence electrons. The summed E-state index contributed by atoms with van der Waals surface area (Å²) in [5.41, 5.74) is 9.17. The molecule has 6 aromatic rings. The Bertz CT molecular complexity index is 1800. The number of furan rings is 1. The Labute approximate surface area is 190 Å². The van der Waals surface area contributed by atoms with Crippen LogP contribution in [-0.2, 0) is 0 Å². The van der Waals surface area contributed by atoms with Crippen LogP contribution in [0.25, 0.3) is 32.7 Å². The molecule has 5 heteroatoms. The molecule has 0 atom stereocenters. The highest BCUT2D eigenvalue weighted by Gasteiger charge is 2.53. The molecule has 3 aliphatic heterocycles. The van der Waals surface area contributed by atoms with E-state index in [0.717, 1.165) is 11.2 Å². The highest BCUT2D eigenvalue weighted by molar-refractivity contribution is 6.80. The molecule has 4 nitrogen and oxygen atoms in total. The summed E-state index contributed by atoms with van der Waals surface area (Å²) in [7, 11) is -0.0356. The molecule has 4 heterocycles. The Kier molecular flexibility index (Phi) is 2.63. The molecule has 0 radical (unpaired) electrons. The monoisotopic (exact) mass is 421 g/mol. The molecule has 0 N–H and O–H groups in total. The molecule has 5 aromatic carbocycles. The summed E-state index contributed by atoms with van der Waals surface area (Å²) in [6, 6.07) is 34.9. The highest BCUT2D eigenvalue weighted by Crippen LogP contribution is 2.58. The molecule has 0 spiro atoms. The number of rotatable bonds is 0. The number of fused-ring (bicyclic) bond motifs is 7. The van der Waals surface area contributed by atoms with Crippen LogP contribution in [0.4, 0.5) is 34.1 Å². The molecular weight excluding hydrogens is 405 g/mol. The maximum atomic E-state index is 6.36. The molecule has 1 aromatic heterocycles. The van der Waals surface area contributed by atoms with Crippen molar-refractivity contribution >= 4 is 74.0 Å². The van der Waals surface area contributed by atoms with E-state index in [-0.39, 0.29) is 7.12 Å². The van der Waals surface area contributed by atoms with Gasteiger partial charge in [-0.2, -0.15) is 0 Å². The maximum Gasteiger partial charge on any atom is 0.519 e. The first-order valence-corrected chi connectivity index (χ1v) is 11.3. The van der Waals surface area contributed by atoms with Gasteiger partial charge in [-0.25, -0.2) is 0 Å². The highest BCUT2D eigenvalue weighted by atomic mass is 16.3. The minimum atomic E-state index is -0.0356. The standard InChI is InChI=1S/C28H16BN3O/c1-2-10-19-18(9-1)30-20-11-3-7-17-8-4-12-21(26(17)20)32-23-14-6-16-25-28(23)27-22(31(19)29(30)32)13-5-15-24(27)33-25/h1-16H. The second-order valence-electron chi connectivity index (χ2n) is 9.00. The molecule has 3 aliphatic rings. The molecule has 0 aliphatic carbocycles. The van der Waals surface area contributed by atoms with Gasteiger partial charge in [0.1, 0.15) is 11.2 Å². The fraction of sp³-hybridized carbons (Fsp3) is 0. The predicted molar refractivity (Wildman–Crippen MR) is 136 cm³/mol. The van der Waals surface area contributed by atoms with Crippen molar-refractivity contribution in [1.82, 2.24) is 0 Å². The van der Waals surface area contributed by atoms with E-state index < -0.39 is 0 Å². The minimum absolute atomic E-state index is 0.0356. The Hall–Kier alpha value is -4.38. The van der Waals surface area contributed by atoms with Crippen LogP contribution < -0.4 is 14.4 Å². The van der Waals surface area contributed by atoms with Crippen LogP contribution in [0.15, 0.2) is 101 Å². The largest absolute Gasteiger partial charge is 0.519 e. The van der Waals surface area contributed by atoms with Crippen LogP contribution >= 0.6 is 0 Å². The Morgan fingerprint density at radius 2 is 0.848 bits per heavy atom. The zero-order chi connectivity index (χ0) is 21.3. The van der Waals surface area contributed by atoms with Crippen LogP contribution in [0.1, 0.15) is 0 Å². The number of hydrogen-bond acceptors (Lipinski definition) is 4. The molecule has 0 saturated carbocycles. The SMILES string of the molecule is c1ccc2c(c1)N1B3N2c2cccc4oc5cccc(c5c24)N3c2cccc3cccc1c23. The Morgan fingerprint density at radius 3 is 1.39 bits per heavy atom. The van der Waals surface area contributed by atoms with Crippen LogP contribution in [0.3, 0.4) is 0 Å². The molecule has 9 rings (SSSR count). The zero-order valence-corrected chi connectivity index (χ0v) is 17.6. The summed E-state index contributed by atoms with van der Waals surface area (Å²) in [5, 5.41) is 4.91. The average Bonchev–Trinajstić information content (AvgIpc) is 3.37. The van der Waals surface area contributed by atoms with Gasteiger partial charge >= 0.3 is 7.12 Å². The third-order valence-corrected chi connectivity index (χ3v) is 7.47. The van der Waals surface area contributed by atoms with E-state index in [4.69, 9.17) is 4.42 Å². The van der Waals surface area contributed by atoms with Crippen LogP contribution in [0, 0.1) is 0 Å². The fourth-order valence-electron chi connectivity index (χ4n) is 6.29. The second-order valence-corrected chi connectivity index (χ2v) is 9.00. The second kappa shape index (κ2) is 5.33. The fourth-order valence-corrected chi connectivity index (χ4v) is 6.29. The normalized spacial score (nSPS) is 15.0. The van der Waals surface area contributed by atoms with Gasteiger partial charge in [0, 0.05) is 28.1 Å². The van der Waals surface area contributed by atoms with Gasteiger partial charge in [0.2, 0.25) is 0 Å². The maximum absolute atomic E-state index is 6.36. The average molecular weight is 421 g/mol. The van der Waals surface area contributed by atoms with Crippen molar-refractivity contribution in [1.29, 1.82) is 0 Å². The van der Waals surface area contributed by atoms with Gasteiger partial charge < -0.3 is 18.8 Å². The van der Waals surface area contributed by atoms with E-state index in [1.165, 1.54) is 55.7 Å². The van der Waals surface area contributed by atoms with Crippen molar-refractivity contribution in [3.05, 3.63) is 97.1 Å². The molecule has 0 fully saturated rings. The summed E-state index contributed by atoms with van der Waals surface area (Å²) < 4.78 is 6.36. The third kappa shape index (κ3) is 1.72. The van der Waals surface area contributed by atoms with Crippen molar-refractivity contribution < 1.29 is 4.42 Å². The van der Waals surface area contributed by atoms with Gasteiger partial charge in [-0.05, 0) is 53.9 Å². The summed E-state index contributed by atoms with van der Waals surface area (Å²) in [5.74, 6) is 0. The van der Waals surface area contributed by atoms with E-state index in [0.29, 0.717) is 0 Å². The summed E-state index contributed by atoms with van der Waals surface area (Å²) in [6.07, 6.45) is 0. The van der Waals surface area contributed by atoms with E-state index in [1.807, 2.05) is 0 Å². The molecule has 0 amide bonds. The van der Waals surface area contributed by atoms with Gasteiger partial charge in [0.25, 0.3) is 0 Å². The topological polar surface area (TPSA) is 22.9 Å². The van der Waals surface area contributed by atoms with Crippen LogP contribution in [-0.4, -0.2) is 7.12 Å². The smallest absolute Gasteiger partial charge is 0.456 e. The molecule has 33 heavy (non-hydrogen) atoms. The quantitative estimate of drug-likeness (QED) is 0.237. The zero-order valence-electron chi connectivity index (χ0n) is 17.6. The first kappa shape index (κ1) is 16.3. The summed E-state index contributed by atoms with van der Waals surface area (Å²) in [4.78, 5) is 7.50. The minimum Gasteiger partial charge on any atom is -0.456 e. The lowest BCUT2D eigenvalue weighted by Crippen LogP contribution is -2.57. The Balaban J connectivity index is 1.55. The number of para-hydroxylation sites is 2. The van der Waals surface area contributed by atoms with Crippen molar-refractivity contribution in [3.63, 3.8) is 0 Å². The lowest BCUT2D eigenvalue weighted by molar-refractivity contribution is 0.669. The summed E-state index contributed by atoms with van der Waals surface area (Å²) >= 11 is 0. The van der Waals surface area contributed by atoms with Gasteiger partial charge in [-0.3, -0.25) is 0 Å². The van der Waals surface area contributed by atoms with Crippen molar-refractivity contribution in [3.8, 4) is 0 Å².